The Bertz CT molecular complexity index is 788. The van der Waals surface area contributed by atoms with Crippen molar-refractivity contribution >= 4 is 86.9 Å². The Morgan fingerprint density at radius 3 is 1.26 bits per heavy atom. The number of hydrogen-bond acceptors (Lipinski definition) is 2. The SMILES string of the molecule is CC(CCCl)Oc1c(Br)cc(C(C)(C)c2cc(Br)c(OC(C)CCCl)c(Br)c2)cc1Br. The van der Waals surface area contributed by atoms with Gasteiger partial charge in [0.15, 0.2) is 0 Å². The minimum absolute atomic E-state index is 0.0320. The quantitative estimate of drug-likeness (QED) is 0.227. The molecule has 0 N–H and O–H groups in total. The predicted molar refractivity (Wildman–Crippen MR) is 147 cm³/mol. The van der Waals surface area contributed by atoms with E-state index in [-0.39, 0.29) is 17.6 Å². The molecule has 0 spiro atoms. The topological polar surface area (TPSA) is 18.5 Å². The third-order valence-corrected chi connectivity index (χ3v) is 7.90. The fraction of sp³-hybridized carbons (Fsp3) is 0.478. The zero-order chi connectivity index (χ0) is 23.3. The molecule has 0 heterocycles. The van der Waals surface area contributed by atoms with Crippen LogP contribution < -0.4 is 9.47 Å². The first kappa shape index (κ1) is 27.8. The molecule has 0 aromatic heterocycles. The van der Waals surface area contributed by atoms with Gasteiger partial charge in [0.05, 0.1) is 30.1 Å². The molecule has 31 heavy (non-hydrogen) atoms. The lowest BCUT2D eigenvalue weighted by molar-refractivity contribution is 0.215. The van der Waals surface area contributed by atoms with Crippen LogP contribution in [0.15, 0.2) is 42.2 Å². The van der Waals surface area contributed by atoms with Gasteiger partial charge in [-0.3, -0.25) is 0 Å². The van der Waals surface area contributed by atoms with Gasteiger partial charge in [0, 0.05) is 17.2 Å². The maximum Gasteiger partial charge on any atom is 0.148 e. The van der Waals surface area contributed by atoms with Crippen molar-refractivity contribution in [3.8, 4) is 11.5 Å². The second-order valence-corrected chi connectivity index (χ2v) is 12.1. The van der Waals surface area contributed by atoms with Crippen LogP contribution in [0.5, 0.6) is 11.5 Å². The summed E-state index contributed by atoms with van der Waals surface area (Å²) in [4.78, 5) is 0. The van der Waals surface area contributed by atoms with Gasteiger partial charge in [-0.1, -0.05) is 13.8 Å². The summed E-state index contributed by atoms with van der Waals surface area (Å²) in [6, 6.07) is 8.45. The average molecular weight is 725 g/mol. The van der Waals surface area contributed by atoms with E-state index in [2.05, 4.69) is 102 Å². The third kappa shape index (κ3) is 7.26. The van der Waals surface area contributed by atoms with E-state index in [1.54, 1.807) is 0 Å². The standard InChI is InChI=1S/C23H26Br4Cl2O2/c1-13(5-7-28)30-21-17(24)9-15(10-18(21)25)23(3,4)16-11-19(26)22(20(27)12-16)31-14(2)6-8-29/h9-14H,5-8H2,1-4H3. The molecule has 0 bridgehead atoms. The molecule has 2 nitrogen and oxygen atoms in total. The maximum atomic E-state index is 6.08. The van der Waals surface area contributed by atoms with Crippen molar-refractivity contribution in [1.82, 2.24) is 0 Å². The number of halogens is 6. The van der Waals surface area contributed by atoms with Crippen molar-refractivity contribution in [3.05, 3.63) is 53.3 Å². The van der Waals surface area contributed by atoms with Gasteiger partial charge in [-0.15, -0.1) is 23.2 Å². The van der Waals surface area contributed by atoms with Crippen LogP contribution in [0.25, 0.3) is 0 Å². The number of rotatable bonds is 10. The highest BCUT2D eigenvalue weighted by molar-refractivity contribution is 9.11. The van der Waals surface area contributed by atoms with Crippen LogP contribution in [-0.4, -0.2) is 24.0 Å². The fourth-order valence-corrected chi connectivity index (χ4v) is 6.42. The normalized spacial score (nSPS) is 13.7. The fourth-order valence-electron chi connectivity index (χ4n) is 3.06. The van der Waals surface area contributed by atoms with Gasteiger partial charge in [-0.25, -0.2) is 0 Å². The largest absolute Gasteiger partial charge is 0.488 e. The van der Waals surface area contributed by atoms with Gasteiger partial charge in [-0.05, 0) is 126 Å². The first-order valence-electron chi connectivity index (χ1n) is 9.95. The molecule has 0 amide bonds. The van der Waals surface area contributed by atoms with Gasteiger partial charge < -0.3 is 9.47 Å². The summed E-state index contributed by atoms with van der Waals surface area (Å²) in [6.45, 7) is 8.43. The number of alkyl halides is 2. The highest BCUT2D eigenvalue weighted by Crippen LogP contribution is 2.44. The number of hydrogen-bond donors (Lipinski definition) is 0. The Labute approximate surface area is 229 Å². The lowest BCUT2D eigenvalue weighted by Gasteiger charge is -2.29. The summed E-state index contributed by atoms with van der Waals surface area (Å²) >= 11 is 26.4. The second-order valence-electron chi connectivity index (χ2n) is 7.98. The zero-order valence-corrected chi connectivity index (χ0v) is 25.7. The molecule has 0 aliphatic rings. The van der Waals surface area contributed by atoms with Crippen LogP contribution in [0.1, 0.15) is 51.7 Å². The third-order valence-electron chi connectivity index (χ3n) is 5.11. The molecule has 2 atom stereocenters. The average Bonchev–Trinajstić information content (AvgIpc) is 2.67. The molecular weight excluding hydrogens is 699 g/mol. The van der Waals surface area contributed by atoms with Gasteiger partial charge in [0.25, 0.3) is 0 Å². The predicted octanol–water partition coefficient (Wildman–Crippen LogP) is 9.85. The van der Waals surface area contributed by atoms with Crippen molar-refractivity contribution in [2.75, 3.05) is 11.8 Å². The van der Waals surface area contributed by atoms with Gasteiger partial charge in [-0.2, -0.15) is 0 Å². The summed E-state index contributed by atoms with van der Waals surface area (Å²) < 4.78 is 15.8. The zero-order valence-electron chi connectivity index (χ0n) is 17.9. The maximum absolute atomic E-state index is 6.08. The molecule has 2 aromatic rings. The van der Waals surface area contributed by atoms with Crippen molar-refractivity contribution in [2.45, 2.75) is 58.2 Å². The van der Waals surface area contributed by atoms with Gasteiger partial charge in [0.1, 0.15) is 11.5 Å². The van der Waals surface area contributed by atoms with Crippen LogP contribution in [0.2, 0.25) is 0 Å². The first-order valence-corrected chi connectivity index (χ1v) is 14.2. The molecule has 0 aliphatic heterocycles. The van der Waals surface area contributed by atoms with E-state index in [1.807, 2.05) is 13.8 Å². The van der Waals surface area contributed by atoms with Gasteiger partial charge >= 0.3 is 0 Å². The summed E-state index contributed by atoms with van der Waals surface area (Å²) in [5, 5.41) is 0. The van der Waals surface area contributed by atoms with Gasteiger partial charge in [0.2, 0.25) is 0 Å². The number of benzene rings is 2. The summed E-state index contributed by atoms with van der Waals surface area (Å²) in [6.07, 6.45) is 1.63. The van der Waals surface area contributed by atoms with E-state index in [4.69, 9.17) is 32.7 Å². The van der Waals surface area contributed by atoms with Crippen LogP contribution >= 0.6 is 86.9 Å². The number of ether oxygens (including phenoxy) is 2. The van der Waals surface area contributed by atoms with E-state index in [9.17, 15) is 0 Å². The van der Waals surface area contributed by atoms with Crippen molar-refractivity contribution in [3.63, 3.8) is 0 Å². The summed E-state index contributed by atoms with van der Waals surface area (Å²) in [5.74, 6) is 2.71. The molecule has 2 rings (SSSR count). The monoisotopic (exact) mass is 720 g/mol. The van der Waals surface area contributed by atoms with Crippen LogP contribution in [0.4, 0.5) is 0 Å². The molecule has 0 radical (unpaired) electrons. The van der Waals surface area contributed by atoms with E-state index in [1.165, 1.54) is 0 Å². The van der Waals surface area contributed by atoms with E-state index < -0.39 is 0 Å². The molecule has 2 unspecified atom stereocenters. The molecule has 2 aromatic carbocycles. The van der Waals surface area contributed by atoms with Crippen LogP contribution in [-0.2, 0) is 5.41 Å². The molecule has 0 saturated heterocycles. The minimum Gasteiger partial charge on any atom is -0.488 e. The Hall–Kier alpha value is 0.540. The van der Waals surface area contributed by atoms with E-state index in [0.29, 0.717) is 11.8 Å². The minimum atomic E-state index is -0.267. The Morgan fingerprint density at radius 2 is 1.00 bits per heavy atom. The highest BCUT2D eigenvalue weighted by atomic mass is 79.9. The molecule has 0 saturated carbocycles. The first-order chi connectivity index (χ1) is 14.5. The molecule has 8 heteroatoms. The van der Waals surface area contributed by atoms with E-state index >= 15 is 0 Å². The van der Waals surface area contributed by atoms with Crippen LogP contribution in [0, 0.1) is 0 Å². The van der Waals surface area contributed by atoms with E-state index in [0.717, 1.165) is 53.4 Å². The smallest absolute Gasteiger partial charge is 0.148 e. The lowest BCUT2D eigenvalue weighted by atomic mass is 9.78. The Kier molecular flexibility index (Phi) is 11.0. The summed E-state index contributed by atoms with van der Waals surface area (Å²) in [5.41, 5.74) is 2.02. The highest BCUT2D eigenvalue weighted by Gasteiger charge is 2.28. The lowest BCUT2D eigenvalue weighted by Crippen LogP contribution is -2.20. The van der Waals surface area contributed by atoms with Crippen molar-refractivity contribution < 1.29 is 9.47 Å². The molecule has 0 aliphatic carbocycles. The van der Waals surface area contributed by atoms with Crippen molar-refractivity contribution in [2.24, 2.45) is 0 Å². The Balaban J connectivity index is 2.38. The molecule has 0 fully saturated rings. The molecule has 172 valence electrons. The molecular formula is C23H26Br4Cl2O2. The second kappa shape index (κ2) is 12.3. The van der Waals surface area contributed by atoms with Crippen LogP contribution in [0.3, 0.4) is 0 Å². The van der Waals surface area contributed by atoms with Crippen molar-refractivity contribution in [1.29, 1.82) is 0 Å². The summed E-state index contributed by atoms with van der Waals surface area (Å²) in [7, 11) is 0. The Morgan fingerprint density at radius 1 is 0.710 bits per heavy atom.